The predicted octanol–water partition coefficient (Wildman–Crippen LogP) is 24.5. The molecule has 4 atom stereocenters. The highest BCUT2D eigenvalue weighted by Gasteiger charge is 2.48. The standard InChI is InChI=1S/C30H43FN2O3.2C29H41FN2O3.C29H42N2O3/c1-19(2)15-27-26-16-22-11-12-23(31)17-25(22)24(26)13-14-33(27)28(34)21-9-7-20(8-10-21)18-32(6)29(35)36-30(3,4)5;1-18(2)26-25-16-21-15-22(30)11-12-23(21)24(25)13-14-32(26)27(33)20-9-7-19(8-10-20)17-31(6)28(34)35-29(3,4)5;1-18(2)26-25-15-21-11-12-22(30)16-24(21)23(25)13-14-32(26)27(33)20-9-7-19(8-10-20)17-31(6)28(34)35-29(3,4)5;1-19(2)26-25-17-22-9-7-8-10-23(22)24(25)15-16-31(26)27(32)21-13-11-20(12-14-21)18-30(6)28(33)34-29(3,4)5/h11-12,17,19-21,27H,7-10,13-16,18H2,1-6H3;11-12,15,18-20,26H,7-10,13-14,16-17H2,1-6H3;11-12,16,18-20,26H,7-10,13-15,17H2,1-6H3;7-10,19-21,26H,11-18H2,1-6H3. The van der Waals surface area contributed by atoms with Crippen molar-refractivity contribution in [1.82, 2.24) is 39.2 Å². The molecule has 140 heavy (non-hydrogen) atoms. The molecule has 4 aromatic carbocycles. The summed E-state index contributed by atoms with van der Waals surface area (Å²) in [6.45, 7) is 46.0. The van der Waals surface area contributed by atoms with E-state index < -0.39 is 22.4 Å². The Balaban J connectivity index is 0.000000157. The number of hydrogen-bond acceptors (Lipinski definition) is 12. The fraction of sp³-hybridized carbons (Fsp3) is 0.658. The zero-order chi connectivity index (χ0) is 102. The van der Waals surface area contributed by atoms with E-state index in [0.717, 1.165) is 190 Å². The Hall–Kier alpha value is -9.41. The van der Waals surface area contributed by atoms with Crippen LogP contribution in [0.5, 0.6) is 0 Å². The molecule has 0 aromatic heterocycles. The second kappa shape index (κ2) is 45.3. The highest BCUT2D eigenvalue weighted by Crippen LogP contribution is 2.51. The zero-order valence-corrected chi connectivity index (χ0v) is 89.2. The molecular formula is C117H167F3N8O12. The van der Waals surface area contributed by atoms with Crippen LogP contribution < -0.4 is 0 Å². The minimum atomic E-state index is -0.499. The third-order valence-electron chi connectivity index (χ3n) is 31.3. The molecule has 4 unspecified atom stereocenters. The van der Waals surface area contributed by atoms with Gasteiger partial charge in [0.25, 0.3) is 0 Å². The smallest absolute Gasteiger partial charge is 0.410 e. The van der Waals surface area contributed by atoms with E-state index in [1.807, 2.05) is 108 Å². The fourth-order valence-electron chi connectivity index (χ4n) is 25.0. The third-order valence-corrected chi connectivity index (χ3v) is 31.3. The molecule has 4 saturated carbocycles. The Bertz CT molecular complexity index is 5260. The van der Waals surface area contributed by atoms with E-state index in [9.17, 15) is 51.5 Å². The topological polar surface area (TPSA) is 199 Å². The zero-order valence-electron chi connectivity index (χ0n) is 89.2. The van der Waals surface area contributed by atoms with Crippen LogP contribution >= 0.6 is 0 Å². The summed E-state index contributed by atoms with van der Waals surface area (Å²) in [6.07, 6.45) is 21.3. The molecule has 23 heteroatoms. The van der Waals surface area contributed by atoms with Gasteiger partial charge in [-0.2, -0.15) is 0 Å². The van der Waals surface area contributed by atoms with Crippen LogP contribution in [0.1, 0.15) is 318 Å². The first kappa shape index (κ1) is 108. The monoisotopic (exact) mass is 1930 g/mol. The van der Waals surface area contributed by atoms with E-state index in [0.29, 0.717) is 92.5 Å². The van der Waals surface area contributed by atoms with Gasteiger partial charge in [-0.15, -0.1) is 0 Å². The van der Waals surface area contributed by atoms with Crippen LogP contribution in [-0.2, 0) is 63.8 Å². The van der Waals surface area contributed by atoms with Crippen molar-refractivity contribution in [2.24, 2.45) is 71.0 Å². The first-order valence-electron chi connectivity index (χ1n) is 53.2. The van der Waals surface area contributed by atoms with Gasteiger partial charge in [-0.05, 0) is 416 Å². The maximum Gasteiger partial charge on any atom is 0.410 e. The molecule has 0 radical (unpaired) electrons. The number of fused-ring (bicyclic) bond motifs is 8. The van der Waals surface area contributed by atoms with Crippen LogP contribution in [0.15, 0.2) is 101 Å². The minimum Gasteiger partial charge on any atom is -0.444 e. The SMILES string of the molecule is CC(C)C1C2=C(CCN1C(=O)C1CCC(CN(C)C(=O)OC(C)(C)C)CC1)c1cc(F)ccc1C2.CC(C)C1C2=C(CCN1C(=O)C1CCC(CN(C)C(=O)OC(C)(C)C)CC1)c1ccc(F)cc1C2.CC(C)C1C2=C(CCN1C(=O)C1CCC(CN(C)C(=O)OC(C)(C)C)CC1)c1ccccc1C2.CC(C)CC1C2=C(CCN1C(=O)C1CCC(CN(C)C(=O)OC(C)(C)C)CC1)c1cc(F)ccc1C2. The number of amides is 8. The molecule has 8 amide bonds. The summed E-state index contributed by atoms with van der Waals surface area (Å²) < 4.78 is 63.7. The molecule has 12 aliphatic rings. The van der Waals surface area contributed by atoms with E-state index in [4.69, 9.17) is 18.9 Å². The summed E-state index contributed by atoms with van der Waals surface area (Å²) >= 11 is 0. The Labute approximate surface area is 835 Å². The fourth-order valence-corrected chi connectivity index (χ4v) is 25.0. The van der Waals surface area contributed by atoms with Crippen molar-refractivity contribution < 1.29 is 70.5 Å². The average molecular weight is 1930 g/mol. The summed E-state index contributed by atoms with van der Waals surface area (Å²) in [7, 11) is 7.20. The van der Waals surface area contributed by atoms with Gasteiger partial charge in [-0.3, -0.25) is 19.2 Å². The average Bonchev–Trinajstić information content (AvgIpc) is 1.61. The number of nitrogens with zero attached hydrogens (tertiary/aromatic N) is 8. The third kappa shape index (κ3) is 26.6. The highest BCUT2D eigenvalue weighted by atomic mass is 19.1. The lowest BCUT2D eigenvalue weighted by Gasteiger charge is -2.42. The molecule has 4 heterocycles. The van der Waals surface area contributed by atoms with Gasteiger partial charge in [0, 0.05) is 104 Å². The molecule has 4 aliphatic heterocycles. The molecule has 0 N–H and O–H groups in total. The number of rotatable bonds is 17. The van der Waals surface area contributed by atoms with E-state index in [1.54, 1.807) is 77.1 Å². The minimum absolute atomic E-state index is 0.0442. The van der Waals surface area contributed by atoms with Gasteiger partial charge in [0.15, 0.2) is 0 Å². The van der Waals surface area contributed by atoms with Crippen molar-refractivity contribution >= 4 is 70.3 Å². The second-order valence-electron chi connectivity index (χ2n) is 48.4. The Morgan fingerprint density at radius 2 is 0.579 bits per heavy atom. The van der Waals surface area contributed by atoms with Crippen LogP contribution in [0.25, 0.3) is 22.3 Å². The van der Waals surface area contributed by atoms with Gasteiger partial charge in [0.05, 0.1) is 24.2 Å². The molecule has 4 fully saturated rings. The first-order chi connectivity index (χ1) is 65.9. The van der Waals surface area contributed by atoms with Crippen molar-refractivity contribution in [1.29, 1.82) is 0 Å². The second-order valence-corrected chi connectivity index (χ2v) is 48.4. The van der Waals surface area contributed by atoms with Crippen molar-refractivity contribution in [2.75, 3.05) is 80.5 Å². The Morgan fingerprint density at radius 3 is 0.893 bits per heavy atom. The molecule has 0 spiro atoms. The van der Waals surface area contributed by atoms with Gasteiger partial charge in [0.2, 0.25) is 23.6 Å². The van der Waals surface area contributed by atoms with E-state index in [-0.39, 0.29) is 107 Å². The lowest BCUT2D eigenvalue weighted by molar-refractivity contribution is -0.140. The van der Waals surface area contributed by atoms with Crippen molar-refractivity contribution in [2.45, 2.75) is 346 Å². The molecular weight excluding hydrogens is 1770 g/mol. The van der Waals surface area contributed by atoms with Gasteiger partial charge in [-0.1, -0.05) is 97.9 Å². The summed E-state index contributed by atoms with van der Waals surface area (Å²) in [6, 6.07) is 24.6. The molecule has 4 aromatic rings. The van der Waals surface area contributed by atoms with Crippen LogP contribution in [0.3, 0.4) is 0 Å². The summed E-state index contributed by atoms with van der Waals surface area (Å²) in [5.74, 6) is 3.97. The lowest BCUT2D eigenvalue weighted by Crippen LogP contribution is -2.50. The largest absolute Gasteiger partial charge is 0.444 e. The summed E-state index contributed by atoms with van der Waals surface area (Å²) in [4.78, 5) is 120. The molecule has 0 bridgehead atoms. The van der Waals surface area contributed by atoms with Crippen LogP contribution in [0.4, 0.5) is 32.3 Å². The lowest BCUT2D eigenvalue weighted by atomic mass is 9.79. The van der Waals surface area contributed by atoms with Crippen molar-refractivity contribution in [3.63, 3.8) is 0 Å². The van der Waals surface area contributed by atoms with Crippen LogP contribution in [-0.4, -0.2) is 214 Å². The van der Waals surface area contributed by atoms with Crippen LogP contribution in [0, 0.1) is 88.5 Å². The molecule has 768 valence electrons. The van der Waals surface area contributed by atoms with E-state index >= 15 is 0 Å². The van der Waals surface area contributed by atoms with Gasteiger partial charge >= 0.3 is 24.4 Å². The summed E-state index contributed by atoms with van der Waals surface area (Å²) in [5, 5.41) is 0. The highest BCUT2D eigenvalue weighted by molar-refractivity contribution is 5.89. The van der Waals surface area contributed by atoms with Gasteiger partial charge in [0.1, 0.15) is 39.9 Å². The maximum atomic E-state index is 14.0. The predicted molar refractivity (Wildman–Crippen MR) is 550 cm³/mol. The quantitative estimate of drug-likeness (QED) is 0.0907. The number of hydrogen-bond donors (Lipinski definition) is 0. The number of benzene rings is 4. The van der Waals surface area contributed by atoms with Crippen molar-refractivity contribution in [3.05, 3.63) is 163 Å². The number of ether oxygens (including phenoxy) is 4. The first-order valence-corrected chi connectivity index (χ1v) is 53.2. The normalized spacial score (nSPS) is 24.3. The molecule has 8 aliphatic carbocycles. The van der Waals surface area contributed by atoms with E-state index in [1.165, 1.54) is 72.4 Å². The van der Waals surface area contributed by atoms with E-state index in [2.05, 4.69) is 99.3 Å². The number of halogens is 3. The molecule has 20 nitrogen and oxygen atoms in total. The molecule has 16 rings (SSSR count). The number of carbonyl (C=O) groups excluding carboxylic acids is 8. The summed E-state index contributed by atoms with van der Waals surface area (Å²) in [5.41, 5.74) is 18.4. The van der Waals surface area contributed by atoms with Crippen molar-refractivity contribution in [3.8, 4) is 0 Å². The van der Waals surface area contributed by atoms with Gasteiger partial charge in [-0.25, -0.2) is 32.3 Å². The Morgan fingerprint density at radius 1 is 0.321 bits per heavy atom. The van der Waals surface area contributed by atoms with Crippen LogP contribution in [0.2, 0.25) is 0 Å². The number of carbonyl (C=O) groups is 8. The van der Waals surface area contributed by atoms with Gasteiger partial charge < -0.3 is 58.1 Å². The molecule has 0 saturated heterocycles. The maximum absolute atomic E-state index is 14.0. The Kier molecular flexibility index (Phi) is 34.9.